The van der Waals surface area contributed by atoms with E-state index in [1.54, 1.807) is 0 Å². The number of H-pyrrole nitrogens is 1. The van der Waals surface area contributed by atoms with E-state index in [0.29, 0.717) is 5.92 Å². The Balaban J connectivity index is 2.69. The van der Waals surface area contributed by atoms with E-state index in [2.05, 4.69) is 18.9 Å². The summed E-state index contributed by atoms with van der Waals surface area (Å²) in [5.74, 6) is -0.433. The Kier molecular flexibility index (Phi) is 3.71. The monoisotopic (exact) mass is 212 g/mol. The Morgan fingerprint density at radius 2 is 2.27 bits per heavy atom. The topological polar surface area (TPSA) is 75.1 Å². The lowest BCUT2D eigenvalue weighted by atomic mass is 10.1. The first kappa shape index (κ1) is 11.6. The van der Waals surface area contributed by atoms with Gasteiger partial charge in [0.2, 0.25) is 0 Å². The fraction of sp³-hybridized carbons (Fsp3) is 0.600. The number of aromatic nitrogens is 2. The predicted molar refractivity (Wildman–Crippen MR) is 55.8 cm³/mol. The van der Waals surface area contributed by atoms with Crippen LogP contribution in [0.15, 0.2) is 10.9 Å². The van der Waals surface area contributed by atoms with Gasteiger partial charge in [0.05, 0.1) is 13.0 Å². The quantitative estimate of drug-likeness (QED) is 0.759. The van der Waals surface area contributed by atoms with Gasteiger partial charge in [-0.3, -0.25) is 19.4 Å². The van der Waals surface area contributed by atoms with Crippen molar-refractivity contribution in [3.8, 4) is 0 Å². The first-order valence-corrected chi connectivity index (χ1v) is 4.99. The summed E-state index contributed by atoms with van der Waals surface area (Å²) in [4.78, 5) is 21.7. The van der Waals surface area contributed by atoms with Crippen molar-refractivity contribution in [2.75, 3.05) is 0 Å². The number of aromatic amines is 1. The molecule has 0 aliphatic rings. The zero-order chi connectivity index (χ0) is 11.4. The molecule has 0 saturated heterocycles. The summed E-state index contributed by atoms with van der Waals surface area (Å²) >= 11 is 0. The van der Waals surface area contributed by atoms with E-state index in [1.807, 2.05) is 0 Å². The predicted octanol–water partition coefficient (Wildman–Crippen LogP) is 0.850. The van der Waals surface area contributed by atoms with Crippen molar-refractivity contribution in [1.29, 1.82) is 0 Å². The van der Waals surface area contributed by atoms with E-state index in [0.717, 1.165) is 12.1 Å². The van der Waals surface area contributed by atoms with E-state index >= 15 is 0 Å². The Morgan fingerprint density at radius 3 is 2.80 bits per heavy atom. The first-order chi connectivity index (χ1) is 6.99. The summed E-state index contributed by atoms with van der Waals surface area (Å²) in [6, 6.07) is 1.53. The maximum absolute atomic E-state index is 11.4. The number of carboxylic acids is 1. The number of rotatable bonds is 5. The second-order valence-corrected chi connectivity index (χ2v) is 4.01. The third-order valence-electron chi connectivity index (χ3n) is 2.02. The van der Waals surface area contributed by atoms with Crippen molar-refractivity contribution in [3.05, 3.63) is 22.1 Å². The third-order valence-corrected chi connectivity index (χ3v) is 2.02. The minimum atomic E-state index is -0.901. The van der Waals surface area contributed by atoms with Crippen LogP contribution in [0.25, 0.3) is 0 Å². The molecule has 1 rings (SSSR count). The lowest BCUT2D eigenvalue weighted by Gasteiger charge is -2.02. The number of aryl methyl sites for hydroxylation is 1. The fourth-order valence-electron chi connectivity index (χ4n) is 1.41. The minimum absolute atomic E-state index is 0.0401. The number of hydrogen-bond donors (Lipinski definition) is 2. The van der Waals surface area contributed by atoms with Crippen LogP contribution in [-0.4, -0.2) is 20.9 Å². The minimum Gasteiger partial charge on any atom is -0.481 e. The molecular weight excluding hydrogens is 196 g/mol. The smallest absolute Gasteiger partial charge is 0.305 e. The van der Waals surface area contributed by atoms with Gasteiger partial charge < -0.3 is 5.11 Å². The van der Waals surface area contributed by atoms with Crippen LogP contribution in [0.1, 0.15) is 26.0 Å². The van der Waals surface area contributed by atoms with E-state index in [-0.39, 0.29) is 18.5 Å². The Bertz CT molecular complexity index is 390. The van der Waals surface area contributed by atoms with E-state index in [1.165, 1.54) is 10.7 Å². The van der Waals surface area contributed by atoms with Crippen molar-refractivity contribution in [3.63, 3.8) is 0 Å². The average molecular weight is 212 g/mol. The lowest BCUT2D eigenvalue weighted by Crippen LogP contribution is -2.17. The summed E-state index contributed by atoms with van der Waals surface area (Å²) in [7, 11) is 0. The van der Waals surface area contributed by atoms with Gasteiger partial charge in [0.25, 0.3) is 5.56 Å². The molecule has 84 valence electrons. The van der Waals surface area contributed by atoms with Crippen molar-refractivity contribution in [1.82, 2.24) is 9.78 Å². The second kappa shape index (κ2) is 4.82. The normalized spacial score (nSPS) is 10.9. The van der Waals surface area contributed by atoms with Gasteiger partial charge >= 0.3 is 5.97 Å². The molecule has 0 atom stereocenters. The summed E-state index contributed by atoms with van der Waals surface area (Å²) < 4.78 is 1.34. The van der Waals surface area contributed by atoms with Crippen LogP contribution >= 0.6 is 0 Å². The second-order valence-electron chi connectivity index (χ2n) is 4.01. The molecule has 0 aliphatic heterocycles. The van der Waals surface area contributed by atoms with Crippen LogP contribution in [0.2, 0.25) is 0 Å². The van der Waals surface area contributed by atoms with Gasteiger partial charge in [0, 0.05) is 11.8 Å². The molecule has 0 radical (unpaired) electrons. The van der Waals surface area contributed by atoms with Gasteiger partial charge in [-0.25, -0.2) is 0 Å². The van der Waals surface area contributed by atoms with Gasteiger partial charge in [-0.15, -0.1) is 0 Å². The molecule has 0 saturated carbocycles. The molecule has 5 nitrogen and oxygen atoms in total. The van der Waals surface area contributed by atoms with E-state index in [4.69, 9.17) is 5.11 Å². The Hall–Kier alpha value is -1.52. The molecule has 5 heteroatoms. The molecule has 0 spiro atoms. The van der Waals surface area contributed by atoms with Crippen LogP contribution in [0.4, 0.5) is 0 Å². The molecular formula is C10H16N2O3. The van der Waals surface area contributed by atoms with Crippen molar-refractivity contribution in [2.45, 2.75) is 33.2 Å². The number of aliphatic carboxylic acids is 1. The number of hydrogen-bond acceptors (Lipinski definition) is 2. The highest BCUT2D eigenvalue weighted by Crippen LogP contribution is 2.02. The molecule has 0 fully saturated rings. The number of carbonyl (C=O) groups is 1. The highest BCUT2D eigenvalue weighted by Gasteiger charge is 2.06. The highest BCUT2D eigenvalue weighted by atomic mass is 16.4. The van der Waals surface area contributed by atoms with Gasteiger partial charge in [-0.1, -0.05) is 13.8 Å². The molecule has 15 heavy (non-hydrogen) atoms. The van der Waals surface area contributed by atoms with Crippen molar-refractivity contribution in [2.24, 2.45) is 5.92 Å². The molecule has 1 aromatic heterocycles. The number of nitrogens with zero attached hydrogens (tertiary/aromatic N) is 1. The summed E-state index contributed by atoms with van der Waals surface area (Å²) in [5.41, 5.74) is 0.701. The molecule has 0 amide bonds. The van der Waals surface area contributed by atoms with Gasteiger partial charge in [-0.05, 0) is 12.3 Å². The summed E-state index contributed by atoms with van der Waals surface area (Å²) in [6.45, 7) is 4.33. The van der Waals surface area contributed by atoms with Crippen LogP contribution in [0, 0.1) is 5.92 Å². The molecule has 2 N–H and O–H groups in total. The van der Waals surface area contributed by atoms with Gasteiger partial charge in [0.1, 0.15) is 0 Å². The van der Waals surface area contributed by atoms with E-state index < -0.39 is 5.97 Å². The number of carboxylic acid groups (broad SMARTS) is 1. The lowest BCUT2D eigenvalue weighted by molar-refractivity contribution is -0.137. The maximum atomic E-state index is 11.4. The summed E-state index contributed by atoms with van der Waals surface area (Å²) in [5, 5.41) is 11.4. The fourth-order valence-corrected chi connectivity index (χ4v) is 1.41. The van der Waals surface area contributed by atoms with Crippen LogP contribution in [0.5, 0.6) is 0 Å². The zero-order valence-corrected chi connectivity index (χ0v) is 8.99. The molecule has 0 aromatic carbocycles. The van der Waals surface area contributed by atoms with Crippen LogP contribution in [-0.2, 0) is 17.8 Å². The molecule has 1 heterocycles. The van der Waals surface area contributed by atoms with Gasteiger partial charge in [-0.2, -0.15) is 0 Å². The maximum Gasteiger partial charge on any atom is 0.305 e. The van der Waals surface area contributed by atoms with Gasteiger partial charge in [0.15, 0.2) is 0 Å². The average Bonchev–Trinajstić information content (AvgIpc) is 2.41. The van der Waals surface area contributed by atoms with E-state index in [9.17, 15) is 9.59 Å². The first-order valence-electron chi connectivity index (χ1n) is 4.99. The van der Waals surface area contributed by atoms with Crippen LogP contribution < -0.4 is 5.56 Å². The standard InChI is InChI=1S/C10H16N2O3/c1-7(2)5-8-6-9(13)12(11-8)4-3-10(14)15/h6-7,11H,3-5H2,1-2H3,(H,14,15). The largest absolute Gasteiger partial charge is 0.481 e. The van der Waals surface area contributed by atoms with Crippen molar-refractivity contribution >= 4 is 5.97 Å². The highest BCUT2D eigenvalue weighted by molar-refractivity contribution is 5.66. The number of nitrogens with one attached hydrogen (secondary N) is 1. The Morgan fingerprint density at radius 1 is 1.60 bits per heavy atom. The molecule has 0 unspecified atom stereocenters. The summed E-state index contributed by atoms with van der Waals surface area (Å²) in [6.07, 6.45) is 0.761. The molecule has 1 aromatic rings. The Labute approximate surface area is 87.7 Å². The SMILES string of the molecule is CC(C)Cc1cc(=O)n(CCC(=O)O)[nH]1. The molecule has 0 bridgehead atoms. The van der Waals surface area contributed by atoms with Crippen LogP contribution in [0.3, 0.4) is 0 Å². The van der Waals surface area contributed by atoms with Crippen molar-refractivity contribution < 1.29 is 9.90 Å². The molecule has 0 aliphatic carbocycles. The third kappa shape index (κ3) is 3.61. The zero-order valence-electron chi connectivity index (χ0n) is 8.99.